The third kappa shape index (κ3) is 9.69. The first kappa shape index (κ1) is 44.6. The first-order chi connectivity index (χ1) is 26.3. The van der Waals surface area contributed by atoms with Crippen LogP contribution in [0.25, 0.3) is 11.4 Å². The van der Waals surface area contributed by atoms with E-state index in [1.54, 1.807) is 19.1 Å². The Labute approximate surface area is 376 Å². The number of aromatic nitrogens is 4. The van der Waals surface area contributed by atoms with E-state index in [1.807, 2.05) is 81.8 Å². The van der Waals surface area contributed by atoms with Crippen molar-refractivity contribution in [2.75, 3.05) is 18.5 Å². The van der Waals surface area contributed by atoms with Crippen LogP contribution >= 0.6 is 0 Å². The molecule has 294 valence electrons. The van der Waals surface area contributed by atoms with E-state index >= 15 is 0 Å². The first-order valence-electron chi connectivity index (χ1n) is 18.2. The van der Waals surface area contributed by atoms with Crippen LogP contribution < -0.4 is 61.6 Å². The van der Waals surface area contributed by atoms with Gasteiger partial charge >= 0.3 is 51.4 Å². The van der Waals surface area contributed by atoms with Gasteiger partial charge in [-0.05, 0) is 81.1 Å². The molecule has 14 nitrogen and oxygen atoms in total. The number of carbonyl (C=O) groups excluding carboxylic acids is 1. The average Bonchev–Trinajstić information content (AvgIpc) is 3.47. The number of hydrogen-bond acceptors (Lipinski definition) is 12. The summed E-state index contributed by atoms with van der Waals surface area (Å²) in [5.74, 6) is 0.863. The van der Waals surface area contributed by atoms with Crippen molar-refractivity contribution >= 4 is 43.2 Å². The molecule has 0 aliphatic carbocycles. The van der Waals surface area contributed by atoms with Crippen molar-refractivity contribution in [3.63, 3.8) is 0 Å². The molecule has 3 heterocycles. The Morgan fingerprint density at radius 3 is 2.07 bits per heavy atom. The minimum Gasteiger partial charge on any atom is -0.744 e. The molecule has 0 saturated heterocycles. The number of aryl methyl sites for hydroxylation is 1. The van der Waals surface area contributed by atoms with Gasteiger partial charge in [-0.15, -0.1) is 20.4 Å². The van der Waals surface area contributed by atoms with E-state index in [9.17, 15) is 30.7 Å². The van der Waals surface area contributed by atoms with Crippen molar-refractivity contribution in [2.45, 2.75) is 87.5 Å². The smallest absolute Gasteiger partial charge is 0.744 e. The van der Waals surface area contributed by atoms with E-state index in [-0.39, 0.29) is 67.1 Å². The summed E-state index contributed by atoms with van der Waals surface area (Å²) in [6.45, 7) is 10.6. The van der Waals surface area contributed by atoms with Gasteiger partial charge in [0.05, 0.1) is 15.2 Å². The normalized spacial score (nSPS) is 16.5. The minimum atomic E-state index is -4.68. The molecule has 0 fully saturated rings. The van der Waals surface area contributed by atoms with Gasteiger partial charge in [-0.2, -0.15) is 4.58 Å². The van der Waals surface area contributed by atoms with E-state index in [0.29, 0.717) is 43.1 Å². The molecule has 6 rings (SSSR count). The summed E-state index contributed by atoms with van der Waals surface area (Å²) in [4.78, 5) is 14.3. The molecule has 1 N–H and O–H groups in total. The number of nitrogens with one attached hydrogen (secondary N) is 1. The Morgan fingerprint density at radius 1 is 0.825 bits per heavy atom. The Hall–Kier alpha value is -3.52. The molecule has 2 aliphatic heterocycles. The number of allylic oxidation sites excluding steroid dienone is 4. The fourth-order valence-corrected chi connectivity index (χ4v) is 8.43. The molecule has 0 atom stereocenters. The molecule has 57 heavy (non-hydrogen) atoms. The Morgan fingerprint density at radius 2 is 1.44 bits per heavy atom. The maximum absolute atomic E-state index is 12.7. The zero-order valence-corrected chi connectivity index (χ0v) is 37.9. The first-order valence-corrected chi connectivity index (χ1v) is 21.0. The van der Waals surface area contributed by atoms with Gasteiger partial charge in [-0.25, -0.2) is 16.8 Å². The molecule has 1 aromatic heterocycles. The minimum absolute atomic E-state index is 0. The Kier molecular flexibility index (Phi) is 13.6. The van der Waals surface area contributed by atoms with Gasteiger partial charge in [0.1, 0.15) is 27.3 Å². The van der Waals surface area contributed by atoms with Gasteiger partial charge in [0.15, 0.2) is 11.5 Å². The van der Waals surface area contributed by atoms with Crippen molar-refractivity contribution in [3.8, 4) is 11.4 Å². The number of unbranched alkanes of at least 4 members (excludes halogenated alkanes) is 2. The van der Waals surface area contributed by atoms with Crippen molar-refractivity contribution < 1.29 is 86.7 Å². The summed E-state index contributed by atoms with van der Waals surface area (Å²) in [5, 5.41) is 18.9. The van der Waals surface area contributed by atoms with Crippen LogP contribution in [0.2, 0.25) is 0 Å². The van der Waals surface area contributed by atoms with Gasteiger partial charge < -0.3 is 19.3 Å². The molecule has 0 unspecified atom stereocenters. The zero-order valence-electron chi connectivity index (χ0n) is 33.1. The molecule has 2 aliphatic rings. The molecular formula is C40H44KN7O7S2. The summed E-state index contributed by atoms with van der Waals surface area (Å²) in [6.07, 6.45) is 8.36. The number of nitrogens with zero attached hydrogens (tertiary/aromatic N) is 6. The second kappa shape index (κ2) is 17.4. The van der Waals surface area contributed by atoms with E-state index in [1.165, 1.54) is 24.3 Å². The number of rotatable bonds is 13. The average molecular weight is 838 g/mol. The summed E-state index contributed by atoms with van der Waals surface area (Å²) >= 11 is 0. The summed E-state index contributed by atoms with van der Waals surface area (Å²) in [6, 6.07) is 16.4. The largest absolute Gasteiger partial charge is 1.00 e. The maximum Gasteiger partial charge on any atom is 1.00 e. The SMILES string of the molecule is Cc1nnc(-c2ccc(CNC(=O)CCCCCN3C(=CC=CC4=[N+](C)c5ccc(S(=O)(=O)[O-])cc5C4(C)C)C(C)(C)c4cc(S(=O)(=O)[O-])ccc43)cc2)nn1.[K+]. The van der Waals surface area contributed by atoms with Crippen LogP contribution in [0.4, 0.5) is 11.4 Å². The van der Waals surface area contributed by atoms with E-state index in [4.69, 9.17) is 0 Å². The summed E-state index contributed by atoms with van der Waals surface area (Å²) < 4.78 is 73.3. The molecule has 0 spiro atoms. The molecule has 17 heteroatoms. The van der Waals surface area contributed by atoms with Gasteiger partial charge in [0, 0.05) is 59.6 Å². The number of hydrogen-bond donors (Lipinski definition) is 1. The zero-order chi connectivity index (χ0) is 40.6. The monoisotopic (exact) mass is 837 g/mol. The molecule has 4 aromatic rings. The van der Waals surface area contributed by atoms with Crippen LogP contribution in [0, 0.1) is 6.92 Å². The van der Waals surface area contributed by atoms with Gasteiger partial charge in [-0.1, -0.05) is 50.6 Å². The van der Waals surface area contributed by atoms with E-state index in [0.717, 1.165) is 52.3 Å². The molecule has 0 saturated carbocycles. The third-order valence-corrected chi connectivity index (χ3v) is 12.2. The fraction of sp³-hybridized carbons (Fsp3) is 0.350. The van der Waals surface area contributed by atoms with Crippen LogP contribution in [0.15, 0.2) is 94.4 Å². The van der Waals surface area contributed by atoms with Crippen molar-refractivity contribution in [1.82, 2.24) is 25.7 Å². The number of amides is 1. The van der Waals surface area contributed by atoms with Crippen LogP contribution in [-0.2, 0) is 42.4 Å². The van der Waals surface area contributed by atoms with E-state index < -0.39 is 31.1 Å². The van der Waals surface area contributed by atoms with Crippen molar-refractivity contribution in [2.24, 2.45) is 0 Å². The number of anilines is 1. The predicted octanol–water partition coefficient (Wildman–Crippen LogP) is 2.17. The quantitative estimate of drug-likeness (QED) is 0.0892. The second-order valence-electron chi connectivity index (χ2n) is 15.1. The van der Waals surface area contributed by atoms with Crippen molar-refractivity contribution in [3.05, 3.63) is 107 Å². The van der Waals surface area contributed by atoms with Crippen molar-refractivity contribution in [1.29, 1.82) is 0 Å². The van der Waals surface area contributed by atoms with Gasteiger partial charge in [-0.3, -0.25) is 4.79 Å². The number of fused-ring (bicyclic) bond motifs is 2. The summed E-state index contributed by atoms with van der Waals surface area (Å²) in [5.41, 5.74) is 5.24. The van der Waals surface area contributed by atoms with Crippen LogP contribution in [-0.4, -0.2) is 76.1 Å². The standard InChI is InChI=1S/C40H45N7O7S2.K/c1-26-42-44-38(45-43-26)28-16-14-27(15-17-28)25-41-37(48)13-8-7-9-22-47-34-21-19-30(56(52,53)54)24-32(34)40(4,5)36(47)12-10-11-35-39(2,3)31-23-29(55(49,50)51)18-20-33(31)46(35)6;/h10-12,14-21,23-24H,7-9,13,22,25H2,1-6H3,(H2-,41,48,49,50,51,52,53,54);/q;+1/p-1. The van der Waals surface area contributed by atoms with Crippen LogP contribution in [0.1, 0.15) is 75.9 Å². The maximum atomic E-state index is 12.7. The van der Waals surface area contributed by atoms with Crippen LogP contribution in [0.5, 0.6) is 0 Å². The molecule has 0 radical (unpaired) electrons. The molecular weight excluding hydrogens is 794 g/mol. The molecule has 1 amide bonds. The third-order valence-electron chi connectivity index (χ3n) is 10.5. The topological polar surface area (TPSA) is 201 Å². The van der Waals surface area contributed by atoms with Crippen LogP contribution in [0.3, 0.4) is 0 Å². The Balaban J connectivity index is 0.00000620. The van der Waals surface area contributed by atoms with E-state index in [2.05, 4.69) is 30.6 Å². The predicted molar refractivity (Wildman–Crippen MR) is 208 cm³/mol. The van der Waals surface area contributed by atoms with Gasteiger partial charge in [0.2, 0.25) is 17.4 Å². The number of benzene rings is 3. The summed E-state index contributed by atoms with van der Waals surface area (Å²) in [7, 11) is -7.43. The van der Waals surface area contributed by atoms with Gasteiger partial charge in [0.25, 0.3) is 0 Å². The molecule has 3 aromatic carbocycles. The fourth-order valence-electron chi connectivity index (χ4n) is 7.44. The molecule has 0 bridgehead atoms. The second-order valence-corrected chi connectivity index (χ2v) is 17.8. The Bertz CT molecular complexity index is 2500. The number of carbonyl (C=O) groups is 1.